The third-order valence-corrected chi connectivity index (χ3v) is 4.28. The van der Waals surface area contributed by atoms with Gasteiger partial charge in [-0.3, -0.25) is 4.90 Å². The number of ether oxygens (including phenoxy) is 1. The van der Waals surface area contributed by atoms with Crippen molar-refractivity contribution in [2.45, 2.75) is 25.4 Å². The van der Waals surface area contributed by atoms with Gasteiger partial charge < -0.3 is 30.0 Å². The van der Waals surface area contributed by atoms with Crippen LogP contribution in [0.4, 0.5) is 0 Å². The number of aryl methyl sites for hydroxylation is 1. The molecule has 1 aromatic heterocycles. The van der Waals surface area contributed by atoms with Gasteiger partial charge in [0.05, 0.1) is 6.33 Å². The molecule has 138 valence electrons. The second-order valence-electron chi connectivity index (χ2n) is 6.28. The summed E-state index contributed by atoms with van der Waals surface area (Å²) in [6.45, 7) is 1.98. The number of carbonyl (C=O) groups is 1. The van der Waals surface area contributed by atoms with E-state index in [1.807, 2.05) is 0 Å². The van der Waals surface area contributed by atoms with E-state index in [9.17, 15) is 15.0 Å². The molecule has 1 aromatic carbocycles. The summed E-state index contributed by atoms with van der Waals surface area (Å²) in [7, 11) is -1.52. The largest absolute Gasteiger partial charge is 0.507 e. The van der Waals surface area contributed by atoms with Crippen LogP contribution >= 0.6 is 0 Å². The first-order chi connectivity index (χ1) is 12.4. The van der Waals surface area contributed by atoms with E-state index in [2.05, 4.69) is 14.9 Å². The maximum atomic E-state index is 11.5. The number of aromatic nitrogens is 2. The minimum absolute atomic E-state index is 0.00198. The van der Waals surface area contributed by atoms with Gasteiger partial charge in [-0.1, -0.05) is 6.07 Å². The Morgan fingerprint density at radius 2 is 2.15 bits per heavy atom. The Kier molecular flexibility index (Phi) is 5.45. The van der Waals surface area contributed by atoms with E-state index in [1.165, 1.54) is 6.07 Å². The van der Waals surface area contributed by atoms with Crippen LogP contribution in [0, 0.1) is 0 Å². The van der Waals surface area contributed by atoms with Crippen molar-refractivity contribution < 1.29 is 29.8 Å². The molecule has 0 radical (unpaired) electrons. The SMILES string of the molecule is O=C(O)c1c(OC2CN(Cc3cnc[nH]3)C2)ccc(CCB(O)O)c1O. The fourth-order valence-corrected chi connectivity index (χ4v) is 2.92. The summed E-state index contributed by atoms with van der Waals surface area (Å²) in [4.78, 5) is 20.6. The second kappa shape index (κ2) is 7.77. The molecule has 5 N–H and O–H groups in total. The minimum Gasteiger partial charge on any atom is -0.507 e. The average molecular weight is 361 g/mol. The maximum Gasteiger partial charge on any atom is 0.451 e. The molecule has 1 fully saturated rings. The summed E-state index contributed by atoms with van der Waals surface area (Å²) in [5.41, 5.74) is 1.02. The summed E-state index contributed by atoms with van der Waals surface area (Å²) in [6.07, 6.45) is 3.34. The predicted molar refractivity (Wildman–Crippen MR) is 92.0 cm³/mol. The number of hydrogen-bond acceptors (Lipinski definition) is 7. The fraction of sp³-hybridized carbons (Fsp3) is 0.375. The van der Waals surface area contributed by atoms with Gasteiger partial charge in [0.1, 0.15) is 23.2 Å². The van der Waals surface area contributed by atoms with Crippen LogP contribution in [0.1, 0.15) is 21.6 Å². The number of benzene rings is 1. The first-order valence-corrected chi connectivity index (χ1v) is 8.24. The number of aromatic carboxylic acids is 1. The highest BCUT2D eigenvalue weighted by molar-refractivity contribution is 6.41. The lowest BCUT2D eigenvalue weighted by molar-refractivity contribution is 0.0128. The molecule has 26 heavy (non-hydrogen) atoms. The molecule has 2 aromatic rings. The van der Waals surface area contributed by atoms with E-state index in [4.69, 9.17) is 14.8 Å². The van der Waals surface area contributed by atoms with Gasteiger partial charge in [0.25, 0.3) is 0 Å². The molecule has 0 unspecified atom stereocenters. The molecule has 10 heteroatoms. The lowest BCUT2D eigenvalue weighted by atomic mass is 9.82. The van der Waals surface area contributed by atoms with Gasteiger partial charge in [-0.2, -0.15) is 0 Å². The molecule has 2 heterocycles. The van der Waals surface area contributed by atoms with Gasteiger partial charge in [0, 0.05) is 31.5 Å². The lowest BCUT2D eigenvalue weighted by Gasteiger charge is -2.38. The van der Waals surface area contributed by atoms with Crippen LogP contribution in [0.3, 0.4) is 0 Å². The highest BCUT2D eigenvalue weighted by Crippen LogP contribution is 2.34. The summed E-state index contributed by atoms with van der Waals surface area (Å²) in [5, 5.41) is 37.5. The van der Waals surface area contributed by atoms with Crippen LogP contribution in [-0.2, 0) is 13.0 Å². The predicted octanol–water partition coefficient (Wildman–Crippen LogP) is 0.0920. The molecular weight excluding hydrogens is 341 g/mol. The van der Waals surface area contributed by atoms with Crippen molar-refractivity contribution in [1.82, 2.24) is 14.9 Å². The Hall–Kier alpha value is -2.56. The number of hydrogen-bond donors (Lipinski definition) is 5. The van der Waals surface area contributed by atoms with Crippen molar-refractivity contribution in [1.29, 1.82) is 0 Å². The number of imidazole rings is 1. The Morgan fingerprint density at radius 3 is 2.77 bits per heavy atom. The van der Waals surface area contributed by atoms with Crippen LogP contribution in [0.5, 0.6) is 11.5 Å². The zero-order chi connectivity index (χ0) is 18.7. The molecule has 1 saturated heterocycles. The quantitative estimate of drug-likeness (QED) is 0.417. The summed E-state index contributed by atoms with van der Waals surface area (Å²) in [6, 6.07) is 3.04. The van der Waals surface area contributed by atoms with Gasteiger partial charge in [0.15, 0.2) is 0 Å². The molecule has 0 amide bonds. The van der Waals surface area contributed by atoms with Gasteiger partial charge in [-0.15, -0.1) is 0 Å². The number of aromatic hydroxyl groups is 1. The molecule has 0 saturated carbocycles. The van der Waals surface area contributed by atoms with Crippen LogP contribution in [-0.4, -0.2) is 67.4 Å². The van der Waals surface area contributed by atoms with E-state index in [0.717, 1.165) is 5.69 Å². The second-order valence-corrected chi connectivity index (χ2v) is 6.28. The Balaban J connectivity index is 1.64. The van der Waals surface area contributed by atoms with Crippen LogP contribution in [0.25, 0.3) is 0 Å². The smallest absolute Gasteiger partial charge is 0.451 e. The lowest BCUT2D eigenvalue weighted by Crippen LogP contribution is -2.53. The Labute approximate surface area is 150 Å². The number of likely N-dealkylation sites (tertiary alicyclic amines) is 1. The molecule has 3 rings (SSSR count). The summed E-state index contributed by atoms with van der Waals surface area (Å²) in [5.74, 6) is -1.59. The molecule has 1 aliphatic rings. The van der Waals surface area contributed by atoms with Gasteiger partial charge in [-0.25, -0.2) is 9.78 Å². The van der Waals surface area contributed by atoms with E-state index in [0.29, 0.717) is 25.2 Å². The van der Waals surface area contributed by atoms with Crippen LogP contribution in [0.2, 0.25) is 6.32 Å². The van der Waals surface area contributed by atoms with Crippen LogP contribution < -0.4 is 4.74 Å². The van der Waals surface area contributed by atoms with Crippen LogP contribution in [0.15, 0.2) is 24.7 Å². The molecule has 0 atom stereocenters. The number of H-pyrrole nitrogens is 1. The van der Waals surface area contributed by atoms with Gasteiger partial charge in [0.2, 0.25) is 0 Å². The van der Waals surface area contributed by atoms with Gasteiger partial charge in [-0.05, 0) is 24.4 Å². The molecule has 0 aliphatic carbocycles. The van der Waals surface area contributed by atoms with E-state index in [-0.39, 0.29) is 30.2 Å². The molecule has 9 nitrogen and oxygen atoms in total. The standard InChI is InChI=1S/C16H20BN3O6/c21-15-10(3-4-17(24)25)1-2-13(14(15)16(22)23)26-12-7-20(8-12)6-11-5-18-9-19-11/h1-2,5,9,12,21,24-25H,3-4,6-8H2,(H,18,19)(H,22,23). The molecule has 1 aliphatic heterocycles. The summed E-state index contributed by atoms with van der Waals surface area (Å²) >= 11 is 0. The Bertz CT molecular complexity index is 762. The maximum absolute atomic E-state index is 11.5. The van der Waals surface area contributed by atoms with Crippen molar-refractivity contribution in [3.8, 4) is 11.5 Å². The van der Waals surface area contributed by atoms with Crippen molar-refractivity contribution in [2.75, 3.05) is 13.1 Å². The number of carboxylic acid groups (broad SMARTS) is 1. The number of phenols is 1. The molecular formula is C16H20BN3O6. The minimum atomic E-state index is -1.52. The van der Waals surface area contributed by atoms with Crippen molar-refractivity contribution in [3.63, 3.8) is 0 Å². The molecule has 0 spiro atoms. The first-order valence-electron chi connectivity index (χ1n) is 8.24. The molecule has 0 bridgehead atoms. The zero-order valence-electron chi connectivity index (χ0n) is 14.0. The number of nitrogens with zero attached hydrogens (tertiary/aromatic N) is 2. The normalized spacial score (nSPS) is 14.8. The van der Waals surface area contributed by atoms with E-state index < -0.39 is 18.8 Å². The van der Waals surface area contributed by atoms with Crippen molar-refractivity contribution in [2.24, 2.45) is 0 Å². The zero-order valence-corrected chi connectivity index (χ0v) is 14.0. The average Bonchev–Trinajstić information content (AvgIpc) is 3.04. The monoisotopic (exact) mass is 361 g/mol. The highest BCUT2D eigenvalue weighted by Gasteiger charge is 2.31. The summed E-state index contributed by atoms with van der Waals surface area (Å²) < 4.78 is 5.75. The number of aromatic amines is 1. The highest BCUT2D eigenvalue weighted by atomic mass is 16.5. The van der Waals surface area contributed by atoms with Crippen molar-refractivity contribution >= 4 is 13.1 Å². The van der Waals surface area contributed by atoms with Gasteiger partial charge >= 0.3 is 13.1 Å². The topological polar surface area (TPSA) is 139 Å². The third-order valence-electron chi connectivity index (χ3n) is 4.28. The first kappa shape index (κ1) is 18.2. The number of carboxylic acids is 1. The fourth-order valence-electron chi connectivity index (χ4n) is 2.92. The third kappa shape index (κ3) is 4.16. The Morgan fingerprint density at radius 1 is 1.38 bits per heavy atom. The van der Waals surface area contributed by atoms with Crippen molar-refractivity contribution in [3.05, 3.63) is 41.5 Å². The van der Waals surface area contributed by atoms with E-state index >= 15 is 0 Å². The van der Waals surface area contributed by atoms with E-state index in [1.54, 1.807) is 18.6 Å². The number of rotatable bonds is 8. The number of nitrogens with one attached hydrogen (secondary N) is 1.